The number of benzene rings is 1. The molecule has 29 heavy (non-hydrogen) atoms. The van der Waals surface area contributed by atoms with Gasteiger partial charge in [-0.1, -0.05) is 6.07 Å². The van der Waals surface area contributed by atoms with E-state index in [-0.39, 0.29) is 17.9 Å². The Morgan fingerprint density at radius 1 is 1.17 bits per heavy atom. The van der Waals surface area contributed by atoms with Crippen molar-refractivity contribution in [3.8, 4) is 0 Å². The zero-order chi connectivity index (χ0) is 20.6. The first-order chi connectivity index (χ1) is 13.8. The second-order valence-corrected chi connectivity index (χ2v) is 6.85. The zero-order valence-electron chi connectivity index (χ0n) is 15.6. The van der Waals surface area contributed by atoms with Crippen LogP contribution in [0, 0.1) is 0 Å². The van der Waals surface area contributed by atoms with E-state index in [1.165, 1.54) is 12.1 Å². The number of aromatic nitrogens is 3. The van der Waals surface area contributed by atoms with Crippen molar-refractivity contribution in [2.24, 2.45) is 0 Å². The predicted molar refractivity (Wildman–Crippen MR) is 101 cm³/mol. The number of halogens is 3. The molecule has 0 radical (unpaired) electrons. The van der Waals surface area contributed by atoms with Crippen LogP contribution in [0.1, 0.15) is 24.2 Å². The van der Waals surface area contributed by atoms with Gasteiger partial charge in [-0.05, 0) is 43.3 Å². The molecule has 1 aromatic carbocycles. The highest BCUT2D eigenvalue weighted by Gasteiger charge is 2.30. The minimum absolute atomic E-state index is 0.0153. The highest BCUT2D eigenvalue weighted by atomic mass is 19.4. The van der Waals surface area contributed by atoms with Crippen LogP contribution < -0.4 is 10.6 Å². The number of rotatable bonds is 4. The van der Waals surface area contributed by atoms with E-state index in [4.69, 9.17) is 0 Å². The molecule has 1 unspecified atom stereocenters. The minimum atomic E-state index is -4.38. The van der Waals surface area contributed by atoms with Crippen LogP contribution in [-0.2, 0) is 11.0 Å². The van der Waals surface area contributed by atoms with Gasteiger partial charge in [-0.25, -0.2) is 4.52 Å². The van der Waals surface area contributed by atoms with Gasteiger partial charge in [0, 0.05) is 24.8 Å². The Hall–Kier alpha value is -3.14. The fourth-order valence-corrected chi connectivity index (χ4v) is 3.34. The Morgan fingerprint density at radius 2 is 1.93 bits per heavy atom. The van der Waals surface area contributed by atoms with Crippen molar-refractivity contribution in [2.75, 3.05) is 25.0 Å². The molecule has 3 heterocycles. The number of carbonyl (C=O) groups is 1. The van der Waals surface area contributed by atoms with Gasteiger partial charge in [-0.15, -0.1) is 5.10 Å². The molecule has 1 aliphatic heterocycles. The number of fused-ring (bicyclic) bond motifs is 1. The van der Waals surface area contributed by atoms with Gasteiger partial charge < -0.3 is 10.6 Å². The highest BCUT2D eigenvalue weighted by Crippen LogP contribution is 2.30. The van der Waals surface area contributed by atoms with Gasteiger partial charge in [-0.3, -0.25) is 9.69 Å². The molecule has 3 aromatic rings. The first kappa shape index (κ1) is 19.2. The first-order valence-corrected chi connectivity index (χ1v) is 9.12. The molecule has 10 heteroatoms. The van der Waals surface area contributed by atoms with Crippen LogP contribution in [0.4, 0.5) is 24.8 Å². The summed E-state index contributed by atoms with van der Waals surface area (Å²) < 4.78 is 39.8. The number of alkyl halides is 3. The van der Waals surface area contributed by atoms with Gasteiger partial charge in [0.25, 0.3) is 0 Å². The summed E-state index contributed by atoms with van der Waals surface area (Å²) in [6.07, 6.45) is -4.38. The van der Waals surface area contributed by atoms with Gasteiger partial charge in [0.2, 0.25) is 11.9 Å². The molecule has 0 saturated carbocycles. The molecule has 1 fully saturated rings. The fourth-order valence-electron chi connectivity index (χ4n) is 3.34. The molecular weight excluding hydrogens is 385 g/mol. The average Bonchev–Trinajstić information content (AvgIpc) is 3.09. The van der Waals surface area contributed by atoms with Gasteiger partial charge in [0.05, 0.1) is 17.8 Å². The van der Waals surface area contributed by atoms with E-state index in [9.17, 15) is 18.0 Å². The Labute approximate surface area is 164 Å². The lowest BCUT2D eigenvalue weighted by molar-refractivity contribution is -0.137. The smallest absolute Gasteiger partial charge is 0.354 e. The van der Waals surface area contributed by atoms with Crippen molar-refractivity contribution in [3.63, 3.8) is 0 Å². The molecular formula is C19H19F3N6O. The molecule has 7 nitrogen and oxygen atoms in total. The van der Waals surface area contributed by atoms with Crippen LogP contribution in [0.3, 0.4) is 0 Å². The number of carbonyl (C=O) groups excluding carboxylic acids is 1. The molecule has 0 spiro atoms. The predicted octanol–water partition coefficient (Wildman–Crippen LogP) is 2.98. The third-order valence-electron chi connectivity index (χ3n) is 4.90. The number of nitrogens with one attached hydrogen (secondary N) is 2. The Morgan fingerprint density at radius 3 is 2.62 bits per heavy atom. The van der Waals surface area contributed by atoms with Crippen LogP contribution in [0.15, 0.2) is 42.5 Å². The van der Waals surface area contributed by atoms with Crippen LogP contribution in [0.25, 0.3) is 5.65 Å². The van der Waals surface area contributed by atoms with Crippen molar-refractivity contribution >= 4 is 23.2 Å². The monoisotopic (exact) mass is 404 g/mol. The number of hydrogen-bond donors (Lipinski definition) is 2. The molecule has 1 saturated heterocycles. The van der Waals surface area contributed by atoms with E-state index in [0.717, 1.165) is 24.4 Å². The Kier molecular flexibility index (Phi) is 4.87. The second kappa shape index (κ2) is 7.36. The summed E-state index contributed by atoms with van der Waals surface area (Å²) in [7, 11) is 0. The molecule has 2 aromatic heterocycles. The summed E-state index contributed by atoms with van der Waals surface area (Å²) in [5, 5.41) is 10.2. The number of piperazine rings is 1. The normalized spacial score (nSPS) is 16.6. The summed E-state index contributed by atoms with van der Waals surface area (Å²) in [4.78, 5) is 18.2. The number of amides is 1. The SMILES string of the molecule is CC(c1cccc2nc(Nc3ccc(C(F)(F)F)cc3)nn12)N1CCNC(=O)C1. The molecule has 0 bridgehead atoms. The van der Waals surface area contributed by atoms with E-state index >= 15 is 0 Å². The standard InChI is InChI=1S/C19H19F3N6O/c1-12(27-10-9-23-17(29)11-27)15-3-2-4-16-25-18(26-28(15)16)24-14-7-5-13(6-8-14)19(20,21)22/h2-8,12H,9-11H2,1H3,(H,23,29)(H,24,26). The van der Waals surface area contributed by atoms with Gasteiger partial charge in [0.1, 0.15) is 0 Å². The lowest BCUT2D eigenvalue weighted by Gasteiger charge is -2.32. The van der Waals surface area contributed by atoms with E-state index in [0.29, 0.717) is 24.4 Å². The van der Waals surface area contributed by atoms with E-state index < -0.39 is 11.7 Å². The Balaban J connectivity index is 1.58. The molecule has 1 aliphatic rings. The maximum atomic E-state index is 12.7. The summed E-state index contributed by atoms with van der Waals surface area (Å²) in [6, 6.07) is 10.2. The lowest BCUT2D eigenvalue weighted by atomic mass is 10.1. The molecule has 1 atom stereocenters. The summed E-state index contributed by atoms with van der Waals surface area (Å²) in [6.45, 7) is 3.63. The van der Waals surface area contributed by atoms with E-state index in [2.05, 4.69) is 25.6 Å². The third kappa shape index (κ3) is 4.02. The van der Waals surface area contributed by atoms with Gasteiger partial charge in [-0.2, -0.15) is 18.2 Å². The van der Waals surface area contributed by atoms with E-state index in [1.54, 1.807) is 10.6 Å². The number of nitrogens with zero attached hydrogens (tertiary/aromatic N) is 4. The van der Waals surface area contributed by atoms with Crippen LogP contribution in [-0.4, -0.2) is 45.0 Å². The molecule has 152 valence electrons. The van der Waals surface area contributed by atoms with E-state index in [1.807, 2.05) is 19.1 Å². The molecule has 4 rings (SSSR count). The number of anilines is 2. The lowest BCUT2D eigenvalue weighted by Crippen LogP contribution is -2.48. The fraction of sp³-hybridized carbons (Fsp3) is 0.316. The van der Waals surface area contributed by atoms with Crippen molar-refractivity contribution < 1.29 is 18.0 Å². The first-order valence-electron chi connectivity index (χ1n) is 9.12. The van der Waals surface area contributed by atoms with Crippen molar-refractivity contribution in [1.29, 1.82) is 0 Å². The maximum absolute atomic E-state index is 12.7. The minimum Gasteiger partial charge on any atom is -0.354 e. The highest BCUT2D eigenvalue weighted by molar-refractivity contribution is 5.78. The maximum Gasteiger partial charge on any atom is 0.416 e. The summed E-state index contributed by atoms with van der Waals surface area (Å²) >= 11 is 0. The number of hydrogen-bond acceptors (Lipinski definition) is 5. The molecule has 2 N–H and O–H groups in total. The van der Waals surface area contributed by atoms with Crippen molar-refractivity contribution in [2.45, 2.75) is 19.1 Å². The quantitative estimate of drug-likeness (QED) is 0.699. The van der Waals surface area contributed by atoms with Crippen molar-refractivity contribution in [3.05, 3.63) is 53.7 Å². The van der Waals surface area contributed by atoms with Crippen molar-refractivity contribution in [1.82, 2.24) is 24.8 Å². The molecule has 0 aliphatic carbocycles. The van der Waals surface area contributed by atoms with Crippen LogP contribution in [0.5, 0.6) is 0 Å². The number of pyridine rings is 1. The Bertz CT molecular complexity index is 1030. The molecule has 1 amide bonds. The average molecular weight is 404 g/mol. The largest absolute Gasteiger partial charge is 0.416 e. The third-order valence-corrected chi connectivity index (χ3v) is 4.90. The second-order valence-electron chi connectivity index (χ2n) is 6.85. The van der Waals surface area contributed by atoms with Crippen LogP contribution >= 0.6 is 0 Å². The van der Waals surface area contributed by atoms with Crippen LogP contribution in [0.2, 0.25) is 0 Å². The summed E-state index contributed by atoms with van der Waals surface area (Å²) in [5.74, 6) is 0.263. The van der Waals surface area contributed by atoms with Gasteiger partial charge >= 0.3 is 6.18 Å². The zero-order valence-corrected chi connectivity index (χ0v) is 15.6. The summed E-state index contributed by atoms with van der Waals surface area (Å²) in [5.41, 5.74) is 1.21. The van der Waals surface area contributed by atoms with Gasteiger partial charge in [0.15, 0.2) is 5.65 Å². The topological polar surface area (TPSA) is 74.6 Å².